The second-order valence-electron chi connectivity index (χ2n) is 27.4. The molecule has 9 rings (SSSR count). The van der Waals surface area contributed by atoms with E-state index in [0.717, 1.165) is 36.8 Å². The number of benzene rings is 2. The number of rotatable bonds is 9. The average molecular weight is 1160 g/mol. The molecule has 7 aliphatic rings. The van der Waals surface area contributed by atoms with Gasteiger partial charge in [-0.05, 0) is 139 Å². The van der Waals surface area contributed by atoms with Gasteiger partial charge < -0.3 is 61.8 Å². The summed E-state index contributed by atoms with van der Waals surface area (Å²) in [5.74, 6) is -6.80. The van der Waals surface area contributed by atoms with Crippen LogP contribution in [-0.2, 0) is 61.4 Å². The zero-order valence-electron chi connectivity index (χ0n) is 52.0. The first-order valence-corrected chi connectivity index (χ1v) is 32.7. The lowest BCUT2D eigenvalue weighted by Gasteiger charge is -2.54. The molecular formula is C66H99NO14Si. The van der Waals surface area contributed by atoms with Crippen LogP contribution in [0.5, 0.6) is 0 Å². The van der Waals surface area contributed by atoms with Gasteiger partial charge in [-0.15, -0.1) is 0 Å². The molecule has 82 heavy (non-hydrogen) atoms. The largest absolute Gasteiger partial charge is 0.456 e. The van der Waals surface area contributed by atoms with Crippen LogP contribution in [0, 0.1) is 29.6 Å². The monoisotopic (exact) mass is 1160 g/mol. The minimum atomic E-state index is -2.91. The van der Waals surface area contributed by atoms with Crippen LogP contribution in [-0.4, -0.2) is 149 Å². The highest BCUT2D eigenvalue weighted by molar-refractivity contribution is 6.99. The Morgan fingerprint density at radius 3 is 2.04 bits per heavy atom. The number of aliphatic hydroxyl groups excluding tert-OH is 1. The Balaban J connectivity index is 1.09. The van der Waals surface area contributed by atoms with Gasteiger partial charge in [-0.3, -0.25) is 4.79 Å². The summed E-state index contributed by atoms with van der Waals surface area (Å²) in [6, 6.07) is 20.6. The highest BCUT2D eigenvalue weighted by Gasteiger charge is 2.66. The number of carbonyl (C=O) groups excluding carboxylic acids is 2. The van der Waals surface area contributed by atoms with Gasteiger partial charge in [0.25, 0.3) is 14.2 Å². The number of ether oxygens (including phenoxy) is 10. The number of carbonyl (C=O) groups is 2. The molecule has 15 nitrogen and oxygen atoms in total. The van der Waals surface area contributed by atoms with Crippen LogP contribution in [0.15, 0.2) is 84.0 Å². The van der Waals surface area contributed by atoms with E-state index >= 15 is 9.59 Å². The van der Waals surface area contributed by atoms with Crippen molar-refractivity contribution >= 4 is 30.6 Å². The topological polar surface area (TPSA) is 159 Å². The third-order valence-electron chi connectivity index (χ3n) is 19.2. The lowest BCUT2D eigenvalue weighted by Crippen LogP contribution is -2.68. The highest BCUT2D eigenvalue weighted by atomic mass is 28.4. The molecule has 0 unspecified atom stereocenters. The Morgan fingerprint density at radius 1 is 0.768 bits per heavy atom. The van der Waals surface area contributed by atoms with E-state index in [2.05, 4.69) is 121 Å². The molecule has 1 amide bonds. The Bertz CT molecular complexity index is 2510. The number of aliphatic hydroxyl groups is 1. The van der Waals surface area contributed by atoms with Gasteiger partial charge in [0.2, 0.25) is 5.79 Å². The zero-order valence-corrected chi connectivity index (χ0v) is 53.0. The van der Waals surface area contributed by atoms with E-state index in [1.807, 2.05) is 34.6 Å². The molecule has 17 atom stereocenters. The maximum atomic E-state index is 15.6. The van der Waals surface area contributed by atoms with E-state index in [-0.39, 0.29) is 59.5 Å². The summed E-state index contributed by atoms with van der Waals surface area (Å²) in [5, 5.41) is 13.5. The number of hydrogen-bond donors (Lipinski definition) is 1. The summed E-state index contributed by atoms with van der Waals surface area (Å²) in [6.45, 7) is 25.3. The fraction of sp³-hybridized carbons (Fsp3) is 0.727. The summed E-state index contributed by atoms with van der Waals surface area (Å²) < 4.78 is 75.1. The van der Waals surface area contributed by atoms with Crippen LogP contribution in [0.3, 0.4) is 0 Å². The summed E-state index contributed by atoms with van der Waals surface area (Å²) in [6.07, 6.45) is 6.18. The van der Waals surface area contributed by atoms with Gasteiger partial charge >= 0.3 is 5.97 Å². The second-order valence-corrected chi connectivity index (χ2v) is 31.6. The molecule has 1 aliphatic carbocycles. The number of esters is 1. The number of hydrogen-bond acceptors (Lipinski definition) is 14. The number of piperidine rings is 1. The fourth-order valence-corrected chi connectivity index (χ4v) is 20.1. The first-order valence-electron chi connectivity index (χ1n) is 30.8. The van der Waals surface area contributed by atoms with Gasteiger partial charge in [0.05, 0.1) is 43.2 Å². The summed E-state index contributed by atoms with van der Waals surface area (Å²) in [7, 11) is 2.25. The number of nitrogens with zero attached hydrogens (tertiary/aromatic N) is 1. The molecule has 2 aromatic carbocycles. The van der Waals surface area contributed by atoms with Gasteiger partial charge in [0, 0.05) is 52.0 Å². The minimum Gasteiger partial charge on any atom is -0.456 e. The highest BCUT2D eigenvalue weighted by Crippen LogP contribution is 2.52. The molecule has 0 radical (unpaired) electrons. The summed E-state index contributed by atoms with van der Waals surface area (Å²) in [4.78, 5) is 32.8. The van der Waals surface area contributed by atoms with Crippen LogP contribution in [0.25, 0.3) is 0 Å². The van der Waals surface area contributed by atoms with Crippen LogP contribution in [0.2, 0.25) is 5.04 Å². The SMILES string of the molecule is CO[C@H]1C[C@@H](C)C/C(C)=C/[C@H]2C[C@@H](O)CO[C@@]23C[C@H](OC(C)(C)O3)[C@@H](C)[C@@H](/C(C)=C\[C@@H]2CC[C@@H](O[Si](c3ccccc3)(c3ccccc3)C(C)(C)C)[C@H](OC)C2)OC(=O)[C@@H]2CCCCN2C(=O)[C@@H]2OC(C)(C)O[C@@]23O[C@H]1[C@@H](OC)C[C@H]3C. The third-order valence-corrected chi connectivity index (χ3v) is 24.3. The molecule has 6 heterocycles. The number of cyclic esters (lactones) is 1. The van der Waals surface area contributed by atoms with Crippen molar-refractivity contribution in [2.24, 2.45) is 29.6 Å². The van der Waals surface area contributed by atoms with Crippen molar-refractivity contribution in [3.05, 3.63) is 84.0 Å². The second kappa shape index (κ2) is 25.2. The maximum absolute atomic E-state index is 15.6. The van der Waals surface area contributed by atoms with Crippen LogP contribution < -0.4 is 10.4 Å². The van der Waals surface area contributed by atoms with E-state index in [1.165, 1.54) is 10.4 Å². The molecule has 6 fully saturated rings. The number of allylic oxidation sites excluding steroid dienone is 2. The van der Waals surface area contributed by atoms with Crippen molar-refractivity contribution < 1.29 is 66.5 Å². The fourth-order valence-electron chi connectivity index (χ4n) is 15.4. The first-order chi connectivity index (χ1) is 38.8. The Kier molecular flexibility index (Phi) is 19.4. The van der Waals surface area contributed by atoms with Crippen molar-refractivity contribution in [2.45, 2.75) is 243 Å². The normalized spacial score (nSPS) is 39.6. The first kappa shape index (κ1) is 63.1. The molecule has 2 aromatic rings. The van der Waals surface area contributed by atoms with Gasteiger partial charge in [0.1, 0.15) is 18.2 Å². The number of methoxy groups -OCH3 is 3. The molecule has 0 aromatic heterocycles. The minimum absolute atomic E-state index is 0.0602. The van der Waals surface area contributed by atoms with Crippen LogP contribution in [0.1, 0.15) is 154 Å². The summed E-state index contributed by atoms with van der Waals surface area (Å²) in [5.41, 5.74) is 2.00. The maximum Gasteiger partial charge on any atom is 0.329 e. The van der Waals surface area contributed by atoms with E-state index in [9.17, 15) is 5.11 Å². The average Bonchev–Trinajstić information content (AvgIpc) is 3.87. The van der Waals surface area contributed by atoms with Crippen LogP contribution in [0.4, 0.5) is 0 Å². The molecule has 6 aliphatic heterocycles. The van der Waals surface area contributed by atoms with Crippen molar-refractivity contribution in [2.75, 3.05) is 34.5 Å². The predicted molar refractivity (Wildman–Crippen MR) is 315 cm³/mol. The molecular weight excluding hydrogens is 1060 g/mol. The number of fused-ring (bicyclic) bond motifs is 3. The van der Waals surface area contributed by atoms with Gasteiger partial charge in [-0.2, -0.15) is 0 Å². The smallest absolute Gasteiger partial charge is 0.329 e. The molecule has 456 valence electrons. The Hall–Kier alpha value is -3.36. The molecule has 1 N–H and O–H groups in total. The Labute approximate surface area is 490 Å². The van der Waals surface area contributed by atoms with E-state index in [4.69, 9.17) is 51.8 Å². The molecule has 5 saturated heterocycles. The lowest BCUT2D eigenvalue weighted by atomic mass is 9.78. The molecule has 2 spiro atoms. The van der Waals surface area contributed by atoms with Crippen molar-refractivity contribution in [3.63, 3.8) is 0 Å². The van der Waals surface area contributed by atoms with Crippen molar-refractivity contribution in [1.82, 2.24) is 4.90 Å². The third kappa shape index (κ3) is 12.9. The Morgan fingerprint density at radius 2 is 1.40 bits per heavy atom. The molecule has 1 saturated carbocycles. The molecule has 16 heteroatoms. The van der Waals surface area contributed by atoms with Gasteiger partial charge in [-0.25, -0.2) is 4.79 Å². The van der Waals surface area contributed by atoms with Gasteiger partial charge in [0.15, 0.2) is 23.5 Å². The number of amides is 1. The van der Waals surface area contributed by atoms with E-state index in [0.29, 0.717) is 51.5 Å². The van der Waals surface area contributed by atoms with Crippen LogP contribution >= 0.6 is 0 Å². The quantitative estimate of drug-likeness (QED) is 0.144. The van der Waals surface area contributed by atoms with Crippen molar-refractivity contribution in [1.29, 1.82) is 0 Å². The predicted octanol–water partition coefficient (Wildman–Crippen LogP) is 9.94. The lowest BCUT2D eigenvalue weighted by molar-refractivity contribution is -0.428. The van der Waals surface area contributed by atoms with E-state index in [1.54, 1.807) is 26.2 Å². The standard InChI is InChI=1S/C66H99NO14Si/c1-41-32-42(2)34-54(72-14)58-55(73-15)36-44(4)66(77-58)59(78-64(11,12)81-66)60(69)67-31-23-22-28-51(67)61(70)75-57(45(5)56-39-65(80-63(9,10)76-56)47(33-41)38-48(68)40-74-65)43(3)35-46-29-30-52(53(37-46)71-13)79-82(62(6,7)8,49-24-18-16-19-25-49)50-26-20-17-21-27-50/h16-21,24-27,33,35,42,44-48,51-59,68H,22-23,28-32,34,36-40H2,1-15H3/b41-33+,43-35-/t42-,44+,45+,46-,47-,48+,51-,52+,53+,54-,55-,56-,57+,58+,59-,65+,66+/m0/s1. The van der Waals surface area contributed by atoms with Gasteiger partial charge in [-0.1, -0.05) is 120 Å². The zero-order chi connectivity index (χ0) is 59.2. The molecule has 4 bridgehead atoms. The summed E-state index contributed by atoms with van der Waals surface area (Å²) >= 11 is 0. The van der Waals surface area contributed by atoms with E-state index < -0.39 is 86.0 Å². The van der Waals surface area contributed by atoms with Crippen molar-refractivity contribution in [3.8, 4) is 0 Å².